The summed E-state index contributed by atoms with van der Waals surface area (Å²) in [4.78, 5) is 61.5. The maximum atomic E-state index is 13.1. The third-order valence-electron chi connectivity index (χ3n) is 7.23. The summed E-state index contributed by atoms with van der Waals surface area (Å²) in [6, 6.07) is 8.37. The van der Waals surface area contributed by atoms with Gasteiger partial charge in [0.2, 0.25) is 0 Å². The predicted octanol–water partition coefficient (Wildman–Crippen LogP) is 1.55. The summed E-state index contributed by atoms with van der Waals surface area (Å²) in [6.45, 7) is 11.1. The molecular weight excluding hydrogens is 560 g/mol. The van der Waals surface area contributed by atoms with E-state index < -0.39 is 60.2 Å². The van der Waals surface area contributed by atoms with Crippen molar-refractivity contribution in [2.45, 2.75) is 96.7 Å². The number of carbonyl (C=O) groups excluding carboxylic acids is 4. The van der Waals surface area contributed by atoms with E-state index >= 15 is 0 Å². The Balaban J connectivity index is 1.29. The van der Waals surface area contributed by atoms with Crippen LogP contribution in [0.2, 0.25) is 0 Å². The first-order valence-corrected chi connectivity index (χ1v) is 14.6. The number of carbonyl (C=O) groups is 4. The van der Waals surface area contributed by atoms with Crippen molar-refractivity contribution in [2.75, 3.05) is 26.2 Å². The highest BCUT2D eigenvalue weighted by Gasteiger charge is 2.49. The highest BCUT2D eigenvalue weighted by atomic mass is 16.7. The zero-order valence-electron chi connectivity index (χ0n) is 25.7. The highest BCUT2D eigenvalue weighted by molar-refractivity contribution is 5.87. The van der Waals surface area contributed by atoms with Gasteiger partial charge in [0.25, 0.3) is 11.8 Å². The third-order valence-corrected chi connectivity index (χ3v) is 7.23. The van der Waals surface area contributed by atoms with Crippen LogP contribution in [0, 0.1) is 0 Å². The zero-order valence-corrected chi connectivity index (χ0v) is 25.7. The number of ether oxygens (including phenoxy) is 2. The molecule has 14 heteroatoms. The lowest BCUT2D eigenvalue weighted by atomic mass is 10.0. The fraction of sp³-hybridized carbons (Fsp3) is 0.655. The summed E-state index contributed by atoms with van der Waals surface area (Å²) in [5.74, 6) is -1.13. The van der Waals surface area contributed by atoms with Crippen LogP contribution in [0.4, 0.5) is 9.59 Å². The first-order valence-electron chi connectivity index (χ1n) is 14.6. The molecule has 3 aliphatic heterocycles. The lowest BCUT2D eigenvalue weighted by Gasteiger charge is -2.45. The smallest absolute Gasteiger partial charge is 0.411 e. The summed E-state index contributed by atoms with van der Waals surface area (Å²) in [5.41, 5.74) is 4.31. The Bertz CT molecular complexity index is 1160. The Kier molecular flexibility index (Phi) is 9.84. The van der Waals surface area contributed by atoms with Crippen LogP contribution >= 0.6 is 0 Å². The number of nitrogens with zero attached hydrogens (tertiary/aromatic N) is 4. The van der Waals surface area contributed by atoms with Crippen LogP contribution in [0.1, 0.15) is 59.9 Å². The van der Waals surface area contributed by atoms with Crippen molar-refractivity contribution < 1.29 is 38.6 Å². The van der Waals surface area contributed by atoms with Crippen LogP contribution in [0.15, 0.2) is 30.3 Å². The second-order valence-corrected chi connectivity index (χ2v) is 13.1. The maximum absolute atomic E-state index is 13.1. The van der Waals surface area contributed by atoms with Crippen LogP contribution in [0.25, 0.3) is 0 Å². The summed E-state index contributed by atoms with van der Waals surface area (Å²) in [6.07, 6.45) is -1.25. The Hall–Kier alpha value is -3.46. The fourth-order valence-corrected chi connectivity index (χ4v) is 5.15. The van der Waals surface area contributed by atoms with Gasteiger partial charge in [0.05, 0.1) is 24.7 Å². The monoisotopic (exact) mass is 604 g/mol. The molecule has 0 radical (unpaired) electrons. The largest absolute Gasteiger partial charge is 0.444 e. The molecule has 14 nitrogen and oxygen atoms in total. The highest BCUT2D eigenvalue weighted by Crippen LogP contribution is 2.32. The number of hydrazine groups is 1. The van der Waals surface area contributed by atoms with Crippen LogP contribution in [0.5, 0.6) is 0 Å². The Morgan fingerprint density at radius 3 is 2.21 bits per heavy atom. The molecule has 3 N–H and O–H groups in total. The molecule has 3 fully saturated rings. The molecule has 3 saturated heterocycles. The van der Waals surface area contributed by atoms with Gasteiger partial charge in [-0.15, -0.1) is 5.06 Å². The molecule has 0 saturated carbocycles. The Morgan fingerprint density at radius 2 is 1.58 bits per heavy atom. The van der Waals surface area contributed by atoms with Gasteiger partial charge in [0.1, 0.15) is 17.7 Å². The van der Waals surface area contributed by atoms with E-state index in [1.54, 1.807) is 46.4 Å². The minimum Gasteiger partial charge on any atom is -0.444 e. The molecule has 3 heterocycles. The number of aliphatic hydroxyl groups excluding tert-OH is 1. The van der Waals surface area contributed by atoms with Gasteiger partial charge in [-0.3, -0.25) is 35.1 Å². The van der Waals surface area contributed by atoms with Crippen molar-refractivity contribution in [1.82, 2.24) is 30.6 Å². The lowest BCUT2D eigenvalue weighted by Crippen LogP contribution is -2.65. The number of hydrogen-bond acceptors (Lipinski definition) is 10. The molecule has 0 aliphatic carbocycles. The van der Waals surface area contributed by atoms with Gasteiger partial charge in [-0.1, -0.05) is 30.3 Å². The van der Waals surface area contributed by atoms with Crippen molar-refractivity contribution in [3.63, 3.8) is 0 Å². The summed E-state index contributed by atoms with van der Waals surface area (Å²) in [5, 5.41) is 12.4. The predicted molar refractivity (Wildman–Crippen MR) is 153 cm³/mol. The first-order chi connectivity index (χ1) is 20.1. The molecule has 1 aromatic carbocycles. The molecule has 0 aromatic heterocycles. The molecule has 0 spiro atoms. The zero-order chi connectivity index (χ0) is 31.5. The van der Waals surface area contributed by atoms with Crippen molar-refractivity contribution in [3.05, 3.63) is 35.9 Å². The van der Waals surface area contributed by atoms with Crippen molar-refractivity contribution in [3.8, 4) is 0 Å². The molecule has 3 aliphatic rings. The number of amides is 4. The standard InChI is InChI=1S/C29H44N6O8/c1-28(2,3)42-26(39)32-14-21(15-32)33(27(40)43-29(4,5)6)17-23(36)30-31-24(37)22-13-12-20-16-34(22)25(38)35(20)41-18-19-10-8-7-9-11-19/h7-11,20-22,25,38H,12-18H2,1-6H3,(H,30,36)(H,31,37). The lowest BCUT2D eigenvalue weighted by molar-refractivity contribution is -0.265. The minimum atomic E-state index is -1.11. The minimum absolute atomic E-state index is 0.0672. The van der Waals surface area contributed by atoms with E-state index in [9.17, 15) is 24.3 Å². The summed E-state index contributed by atoms with van der Waals surface area (Å²) < 4.78 is 10.9. The molecule has 1 aromatic rings. The average Bonchev–Trinajstić information content (AvgIpc) is 3.12. The summed E-state index contributed by atoms with van der Waals surface area (Å²) in [7, 11) is 0. The quantitative estimate of drug-likeness (QED) is 0.391. The number of aliphatic hydroxyl groups is 1. The van der Waals surface area contributed by atoms with Crippen LogP contribution < -0.4 is 10.9 Å². The number of fused-ring (bicyclic) bond motifs is 2. The van der Waals surface area contributed by atoms with Crippen molar-refractivity contribution in [1.29, 1.82) is 0 Å². The van der Waals surface area contributed by atoms with Gasteiger partial charge in [-0.05, 0) is 59.9 Å². The number of hydroxylamine groups is 2. The van der Waals surface area contributed by atoms with E-state index in [0.717, 1.165) is 5.56 Å². The van der Waals surface area contributed by atoms with Gasteiger partial charge >= 0.3 is 12.2 Å². The van der Waals surface area contributed by atoms with Crippen LogP contribution in [-0.2, 0) is 30.5 Å². The first kappa shape index (κ1) is 32.5. The van der Waals surface area contributed by atoms with Gasteiger partial charge in [0, 0.05) is 19.6 Å². The number of piperidine rings is 1. The van der Waals surface area contributed by atoms with E-state index in [1.807, 2.05) is 30.3 Å². The molecule has 4 amide bonds. The molecule has 4 atom stereocenters. The van der Waals surface area contributed by atoms with Gasteiger partial charge < -0.3 is 19.5 Å². The molecule has 4 rings (SSSR count). The molecule has 4 unspecified atom stereocenters. The van der Waals surface area contributed by atoms with Gasteiger partial charge in [0.15, 0.2) is 6.35 Å². The number of rotatable bonds is 7. The van der Waals surface area contributed by atoms with Crippen LogP contribution in [0.3, 0.4) is 0 Å². The molecular formula is C29H44N6O8. The van der Waals surface area contributed by atoms with E-state index in [-0.39, 0.29) is 19.1 Å². The Morgan fingerprint density at radius 1 is 0.930 bits per heavy atom. The normalized spacial score (nSPS) is 24.1. The molecule has 2 bridgehead atoms. The number of nitrogens with one attached hydrogen (secondary N) is 2. The topological polar surface area (TPSA) is 153 Å². The van der Waals surface area contributed by atoms with Crippen LogP contribution in [-0.4, -0.2) is 111 Å². The van der Waals surface area contributed by atoms with E-state index in [0.29, 0.717) is 26.0 Å². The fourth-order valence-electron chi connectivity index (χ4n) is 5.15. The van der Waals surface area contributed by atoms with Gasteiger partial charge in [-0.25, -0.2) is 9.59 Å². The number of likely N-dealkylation sites (tertiary alicyclic amines) is 1. The van der Waals surface area contributed by atoms with E-state index in [4.69, 9.17) is 14.3 Å². The van der Waals surface area contributed by atoms with Gasteiger partial charge in [-0.2, -0.15) is 0 Å². The number of benzene rings is 1. The average molecular weight is 605 g/mol. The number of hydrogen-bond donors (Lipinski definition) is 3. The molecule has 238 valence electrons. The second kappa shape index (κ2) is 13.0. The Labute approximate surface area is 252 Å². The molecule has 43 heavy (non-hydrogen) atoms. The summed E-state index contributed by atoms with van der Waals surface area (Å²) >= 11 is 0. The second-order valence-electron chi connectivity index (χ2n) is 13.1. The van der Waals surface area contributed by atoms with Crippen molar-refractivity contribution in [2.24, 2.45) is 0 Å². The third kappa shape index (κ3) is 8.56. The van der Waals surface area contributed by atoms with Crippen molar-refractivity contribution >= 4 is 24.0 Å². The SMILES string of the molecule is CC(C)(C)OC(=O)N1CC(N(CC(=O)NNC(=O)C2CCC3CN2C(O)N3OCc2ccccc2)C(=O)OC(C)(C)C)C1. The van der Waals surface area contributed by atoms with E-state index in [1.165, 1.54) is 14.9 Å². The maximum Gasteiger partial charge on any atom is 0.411 e. The van der Waals surface area contributed by atoms with E-state index in [2.05, 4.69) is 10.9 Å².